The molecule has 0 fully saturated rings. The van der Waals surface area contributed by atoms with E-state index in [4.69, 9.17) is 5.73 Å². The topological polar surface area (TPSA) is 126 Å². The smallest absolute Gasteiger partial charge is 0.241 e. The van der Waals surface area contributed by atoms with Gasteiger partial charge in [0.25, 0.3) is 0 Å². The van der Waals surface area contributed by atoms with Crippen molar-refractivity contribution in [3.8, 4) is 21.0 Å². The second-order valence-electron chi connectivity index (χ2n) is 10.5. The Morgan fingerprint density at radius 3 is 2.28 bits per heavy atom. The van der Waals surface area contributed by atoms with E-state index >= 15 is 0 Å². The zero-order chi connectivity index (χ0) is 26.9. The van der Waals surface area contributed by atoms with E-state index in [1.807, 2.05) is 18.2 Å². The molecule has 0 atom stereocenters. The summed E-state index contributed by atoms with van der Waals surface area (Å²) in [7, 11) is -3.84. The molecule has 0 spiro atoms. The van der Waals surface area contributed by atoms with Gasteiger partial charge in [-0.3, -0.25) is 9.52 Å². The van der Waals surface area contributed by atoms with E-state index in [0.29, 0.717) is 21.9 Å². The molecule has 11 heteroatoms. The number of nitrogens with two attached hydrogens (primary N) is 1. The lowest BCUT2D eigenvalue weighted by Crippen LogP contribution is -2.40. The number of sulfonamides is 1. The Hall–Kier alpha value is -2.44. The van der Waals surface area contributed by atoms with Gasteiger partial charge in [-0.05, 0) is 83.8 Å². The third-order valence-electron chi connectivity index (χ3n) is 4.51. The van der Waals surface area contributed by atoms with Gasteiger partial charge in [0.15, 0.2) is 0 Å². The van der Waals surface area contributed by atoms with Crippen LogP contribution < -0.4 is 20.5 Å². The molecule has 1 heterocycles. The Kier molecular flexibility index (Phi) is 8.21. The van der Waals surface area contributed by atoms with E-state index in [9.17, 15) is 13.2 Å². The van der Waals surface area contributed by atoms with Gasteiger partial charge in [-0.25, -0.2) is 18.1 Å². The van der Waals surface area contributed by atoms with Gasteiger partial charge in [0.05, 0.1) is 9.77 Å². The first kappa shape index (κ1) is 28.1. The molecule has 0 radical (unpaired) electrons. The molecule has 0 aliphatic heterocycles. The van der Waals surface area contributed by atoms with Crippen LogP contribution in [-0.4, -0.2) is 30.4 Å². The average Bonchev–Trinajstić information content (AvgIpc) is 3.19. The largest absolute Gasteiger partial charge is 0.399 e. The maximum absolute atomic E-state index is 13.2. The summed E-state index contributed by atoms with van der Waals surface area (Å²) in [4.78, 5) is 18.0. The van der Waals surface area contributed by atoms with Crippen LogP contribution in [0.15, 0.2) is 52.4 Å². The van der Waals surface area contributed by atoms with E-state index in [1.165, 1.54) is 36.3 Å². The molecule has 0 bridgehead atoms. The van der Waals surface area contributed by atoms with Gasteiger partial charge in [-0.2, -0.15) is 0 Å². The monoisotopic (exact) mass is 547 g/mol. The molecule has 0 aliphatic rings. The van der Waals surface area contributed by atoms with Gasteiger partial charge < -0.3 is 11.1 Å². The van der Waals surface area contributed by atoms with Gasteiger partial charge >= 0.3 is 0 Å². The van der Waals surface area contributed by atoms with Gasteiger partial charge in [0.1, 0.15) is 5.01 Å². The fraction of sp³-hybridized carbons (Fsp3) is 0.360. The predicted molar refractivity (Wildman–Crippen MR) is 151 cm³/mol. The van der Waals surface area contributed by atoms with Crippen molar-refractivity contribution >= 4 is 50.6 Å². The number of aromatic nitrogens is 1. The first-order valence-corrected chi connectivity index (χ1v) is 14.4. The SMILES string of the molecule is CC(=O)Nc1ccc(-c2cnc(-c3ccc(N)cc3S(=O)(=O)NC(C)(C)C)s2)c(SNC(C)(C)C)c1. The number of hydrogen-bond donors (Lipinski definition) is 4. The van der Waals surface area contributed by atoms with Crippen LogP contribution in [0.3, 0.4) is 0 Å². The number of amides is 1. The molecule has 0 aliphatic carbocycles. The first-order chi connectivity index (χ1) is 16.5. The summed E-state index contributed by atoms with van der Waals surface area (Å²) >= 11 is 2.85. The summed E-state index contributed by atoms with van der Waals surface area (Å²) in [5, 5.41) is 3.38. The van der Waals surface area contributed by atoms with Crippen molar-refractivity contribution in [3.63, 3.8) is 0 Å². The minimum absolute atomic E-state index is 0.0864. The van der Waals surface area contributed by atoms with Crippen molar-refractivity contribution in [1.82, 2.24) is 14.4 Å². The Labute approximate surface area is 221 Å². The number of rotatable bonds is 7. The van der Waals surface area contributed by atoms with Crippen LogP contribution in [0.25, 0.3) is 21.0 Å². The third-order valence-corrected chi connectivity index (χ3v) is 8.64. The highest BCUT2D eigenvalue weighted by molar-refractivity contribution is 7.97. The van der Waals surface area contributed by atoms with Crippen LogP contribution in [0.5, 0.6) is 0 Å². The van der Waals surface area contributed by atoms with E-state index in [0.717, 1.165) is 15.3 Å². The maximum atomic E-state index is 13.2. The molecule has 0 saturated carbocycles. The minimum atomic E-state index is -3.84. The van der Waals surface area contributed by atoms with E-state index < -0.39 is 15.6 Å². The molecular formula is C25H33N5O3S3. The molecule has 8 nitrogen and oxygen atoms in total. The molecule has 0 saturated heterocycles. The van der Waals surface area contributed by atoms with E-state index in [-0.39, 0.29) is 16.3 Å². The molecule has 1 aromatic heterocycles. The van der Waals surface area contributed by atoms with Crippen LogP contribution in [-0.2, 0) is 14.8 Å². The van der Waals surface area contributed by atoms with E-state index in [2.05, 4.69) is 40.5 Å². The maximum Gasteiger partial charge on any atom is 0.241 e. The fourth-order valence-electron chi connectivity index (χ4n) is 3.22. The van der Waals surface area contributed by atoms with Crippen molar-refractivity contribution in [3.05, 3.63) is 42.6 Å². The number of carbonyl (C=O) groups is 1. The number of carbonyl (C=O) groups excluding carboxylic acids is 1. The van der Waals surface area contributed by atoms with Crippen molar-refractivity contribution < 1.29 is 13.2 Å². The second-order valence-corrected chi connectivity index (χ2v) is 14.0. The number of nitrogens with one attached hydrogen (secondary N) is 3. The van der Waals surface area contributed by atoms with Crippen molar-refractivity contribution in [2.24, 2.45) is 0 Å². The number of hydrogen-bond acceptors (Lipinski definition) is 8. The summed E-state index contributed by atoms with van der Waals surface area (Å²) in [6.07, 6.45) is 1.73. The van der Waals surface area contributed by atoms with Crippen LogP contribution >= 0.6 is 23.3 Å². The lowest BCUT2D eigenvalue weighted by molar-refractivity contribution is -0.114. The number of thiazole rings is 1. The molecule has 36 heavy (non-hydrogen) atoms. The standard InChI is InChI=1S/C25H33N5O3S3/c1-15(31)28-17-9-11-18(20(13-17)35-29-24(2,3)4)21-14-27-23(34-21)19-10-8-16(26)12-22(19)36(32,33)30-25(5,6)7/h8-14,29-30H,26H2,1-7H3,(H,28,31). The molecule has 2 aromatic carbocycles. The zero-order valence-electron chi connectivity index (χ0n) is 21.5. The lowest BCUT2D eigenvalue weighted by atomic mass is 10.1. The summed E-state index contributed by atoms with van der Waals surface area (Å²) in [6.45, 7) is 13.0. The number of nitrogen functional groups attached to an aromatic ring is 1. The quantitative estimate of drug-likeness (QED) is 0.228. The second kappa shape index (κ2) is 10.5. The summed E-state index contributed by atoms with van der Waals surface area (Å²) in [5.41, 5.74) is 7.59. The van der Waals surface area contributed by atoms with Crippen molar-refractivity contribution in [1.29, 1.82) is 0 Å². The summed E-state index contributed by atoms with van der Waals surface area (Å²) < 4.78 is 32.5. The van der Waals surface area contributed by atoms with Crippen LogP contribution in [0, 0.1) is 0 Å². The number of nitrogens with zero attached hydrogens (tertiary/aromatic N) is 1. The summed E-state index contributed by atoms with van der Waals surface area (Å²) in [6, 6.07) is 10.5. The van der Waals surface area contributed by atoms with Crippen LogP contribution in [0.2, 0.25) is 0 Å². The first-order valence-electron chi connectivity index (χ1n) is 11.3. The van der Waals surface area contributed by atoms with Crippen LogP contribution in [0.4, 0.5) is 11.4 Å². The van der Waals surface area contributed by atoms with Gasteiger partial charge in [-0.1, -0.05) is 6.07 Å². The Morgan fingerprint density at radius 2 is 1.67 bits per heavy atom. The normalized spacial score (nSPS) is 12.5. The Bertz CT molecular complexity index is 1370. The molecule has 3 rings (SSSR count). The molecule has 0 unspecified atom stereocenters. The van der Waals surface area contributed by atoms with Crippen molar-refractivity contribution in [2.75, 3.05) is 11.1 Å². The van der Waals surface area contributed by atoms with Crippen molar-refractivity contribution in [2.45, 2.75) is 69.3 Å². The van der Waals surface area contributed by atoms with E-state index in [1.54, 1.807) is 39.1 Å². The van der Waals surface area contributed by atoms with Gasteiger partial charge in [0.2, 0.25) is 15.9 Å². The van der Waals surface area contributed by atoms with Crippen LogP contribution in [0.1, 0.15) is 48.5 Å². The molecule has 194 valence electrons. The number of anilines is 2. The molecule has 1 amide bonds. The zero-order valence-corrected chi connectivity index (χ0v) is 24.0. The fourth-order valence-corrected chi connectivity index (χ4v) is 6.89. The predicted octanol–water partition coefficient (Wildman–Crippen LogP) is 5.49. The number of benzene rings is 2. The Balaban J connectivity index is 2.07. The highest BCUT2D eigenvalue weighted by Gasteiger charge is 2.26. The Morgan fingerprint density at radius 1 is 1.00 bits per heavy atom. The lowest BCUT2D eigenvalue weighted by Gasteiger charge is -2.21. The average molecular weight is 548 g/mol. The highest BCUT2D eigenvalue weighted by atomic mass is 32.2. The van der Waals surface area contributed by atoms with Gasteiger partial charge in [0, 0.05) is 51.6 Å². The third kappa shape index (κ3) is 7.53. The highest BCUT2D eigenvalue weighted by Crippen LogP contribution is 2.40. The van der Waals surface area contributed by atoms with Gasteiger partial charge in [-0.15, -0.1) is 11.3 Å². The molecular weight excluding hydrogens is 515 g/mol. The molecule has 5 N–H and O–H groups in total. The summed E-state index contributed by atoms with van der Waals surface area (Å²) in [5.74, 6) is -0.150. The molecule has 3 aromatic rings. The minimum Gasteiger partial charge on any atom is -0.399 e.